The van der Waals surface area contributed by atoms with E-state index in [2.05, 4.69) is 50.3 Å². The molecule has 0 nitrogen and oxygen atoms in total. The van der Waals surface area contributed by atoms with Crippen molar-refractivity contribution in [3.63, 3.8) is 0 Å². The third kappa shape index (κ3) is 1.95. The summed E-state index contributed by atoms with van der Waals surface area (Å²) >= 11 is 0. The summed E-state index contributed by atoms with van der Waals surface area (Å²) in [4.78, 5) is 0. The lowest BCUT2D eigenvalue weighted by Crippen LogP contribution is -1.90. The summed E-state index contributed by atoms with van der Waals surface area (Å²) in [5.74, 6) is 0. The van der Waals surface area contributed by atoms with Gasteiger partial charge in [-0.15, -0.1) is 0 Å². The summed E-state index contributed by atoms with van der Waals surface area (Å²) in [6.45, 7) is 4.32. The Morgan fingerprint density at radius 3 is 2.14 bits per heavy atom. The highest BCUT2D eigenvalue weighted by Crippen LogP contribution is 2.25. The molecule has 0 spiro atoms. The van der Waals surface area contributed by atoms with E-state index in [4.69, 9.17) is 0 Å². The minimum atomic E-state index is 1.09. The molecule has 0 N–H and O–H groups in total. The SMILES string of the molecule is CC1=CCC(c2ccc(C)cc2)=CC1. The van der Waals surface area contributed by atoms with Crippen LogP contribution in [-0.4, -0.2) is 0 Å². The van der Waals surface area contributed by atoms with E-state index in [9.17, 15) is 0 Å². The van der Waals surface area contributed by atoms with Crippen molar-refractivity contribution in [2.75, 3.05) is 0 Å². The molecule has 0 bridgehead atoms. The maximum Gasteiger partial charge on any atom is -0.00919 e. The van der Waals surface area contributed by atoms with Crippen LogP contribution in [0.4, 0.5) is 0 Å². The highest BCUT2D eigenvalue weighted by atomic mass is 14.1. The zero-order valence-corrected chi connectivity index (χ0v) is 8.88. The van der Waals surface area contributed by atoms with Crippen LogP contribution in [0, 0.1) is 6.92 Å². The van der Waals surface area contributed by atoms with Crippen LogP contribution in [0.3, 0.4) is 0 Å². The Labute approximate surface area is 86.0 Å². The molecule has 0 atom stereocenters. The van der Waals surface area contributed by atoms with Gasteiger partial charge in [0.15, 0.2) is 0 Å². The van der Waals surface area contributed by atoms with Crippen molar-refractivity contribution in [1.82, 2.24) is 0 Å². The quantitative estimate of drug-likeness (QED) is 0.576. The summed E-state index contributed by atoms with van der Waals surface area (Å²) in [6.07, 6.45) is 6.88. The fourth-order valence-corrected chi connectivity index (χ4v) is 1.74. The summed E-state index contributed by atoms with van der Waals surface area (Å²) in [7, 11) is 0. The molecule has 0 unspecified atom stereocenters. The van der Waals surface area contributed by atoms with Crippen LogP contribution >= 0.6 is 0 Å². The fourth-order valence-electron chi connectivity index (χ4n) is 1.74. The Hall–Kier alpha value is -1.30. The monoisotopic (exact) mass is 184 g/mol. The van der Waals surface area contributed by atoms with Crippen molar-refractivity contribution in [1.29, 1.82) is 0 Å². The smallest absolute Gasteiger partial charge is 0.00919 e. The molecule has 72 valence electrons. The minimum absolute atomic E-state index is 1.09. The molecule has 0 fully saturated rings. The van der Waals surface area contributed by atoms with Gasteiger partial charge in [-0.1, -0.05) is 47.6 Å². The largest absolute Gasteiger partial charge is 0.0809 e. The summed E-state index contributed by atoms with van der Waals surface area (Å²) in [5, 5.41) is 0. The Morgan fingerprint density at radius 1 is 0.857 bits per heavy atom. The van der Waals surface area contributed by atoms with Gasteiger partial charge in [-0.2, -0.15) is 0 Å². The van der Waals surface area contributed by atoms with Crippen LogP contribution in [0.1, 0.15) is 30.9 Å². The molecule has 0 aromatic heterocycles. The minimum Gasteiger partial charge on any atom is -0.0809 e. The Morgan fingerprint density at radius 2 is 1.57 bits per heavy atom. The fraction of sp³-hybridized carbons (Fsp3) is 0.286. The van der Waals surface area contributed by atoms with Gasteiger partial charge in [0.1, 0.15) is 0 Å². The van der Waals surface area contributed by atoms with E-state index in [-0.39, 0.29) is 0 Å². The molecule has 1 aromatic rings. The van der Waals surface area contributed by atoms with Crippen molar-refractivity contribution in [2.45, 2.75) is 26.7 Å². The van der Waals surface area contributed by atoms with Gasteiger partial charge in [0, 0.05) is 0 Å². The van der Waals surface area contributed by atoms with Crippen LogP contribution in [0.25, 0.3) is 5.57 Å². The molecule has 0 saturated heterocycles. The maximum absolute atomic E-state index is 2.35. The van der Waals surface area contributed by atoms with Gasteiger partial charge in [-0.05, 0) is 37.8 Å². The van der Waals surface area contributed by atoms with Crippen LogP contribution in [-0.2, 0) is 0 Å². The van der Waals surface area contributed by atoms with Gasteiger partial charge in [0.25, 0.3) is 0 Å². The predicted molar refractivity (Wildman–Crippen MR) is 62.1 cm³/mol. The van der Waals surface area contributed by atoms with E-state index in [0.717, 1.165) is 12.8 Å². The van der Waals surface area contributed by atoms with Crippen molar-refractivity contribution < 1.29 is 0 Å². The van der Waals surface area contributed by atoms with E-state index in [0.29, 0.717) is 0 Å². The van der Waals surface area contributed by atoms with Crippen molar-refractivity contribution >= 4 is 5.57 Å². The van der Waals surface area contributed by atoms with Crippen LogP contribution in [0.15, 0.2) is 42.0 Å². The van der Waals surface area contributed by atoms with E-state index in [1.54, 1.807) is 0 Å². The third-order valence-corrected chi connectivity index (χ3v) is 2.76. The van der Waals surface area contributed by atoms with Gasteiger partial charge < -0.3 is 0 Å². The zero-order chi connectivity index (χ0) is 9.97. The Bertz CT molecular complexity index is 377. The Balaban J connectivity index is 2.21. The van der Waals surface area contributed by atoms with E-state index < -0.39 is 0 Å². The number of allylic oxidation sites excluding steroid dienone is 4. The lowest BCUT2D eigenvalue weighted by molar-refractivity contribution is 1.13. The first kappa shape index (κ1) is 9.26. The molecule has 0 radical (unpaired) electrons. The number of rotatable bonds is 1. The first-order chi connectivity index (χ1) is 6.75. The molecule has 0 amide bonds. The summed E-state index contributed by atoms with van der Waals surface area (Å²) < 4.78 is 0. The van der Waals surface area contributed by atoms with Crippen molar-refractivity contribution in [3.05, 3.63) is 53.1 Å². The van der Waals surface area contributed by atoms with Crippen LogP contribution < -0.4 is 0 Å². The molecule has 0 saturated carbocycles. The van der Waals surface area contributed by atoms with Crippen molar-refractivity contribution in [2.24, 2.45) is 0 Å². The lowest BCUT2D eigenvalue weighted by Gasteiger charge is -2.11. The van der Waals surface area contributed by atoms with Gasteiger partial charge in [-0.25, -0.2) is 0 Å². The average molecular weight is 184 g/mol. The average Bonchev–Trinajstić information content (AvgIpc) is 2.21. The van der Waals surface area contributed by atoms with Gasteiger partial charge >= 0.3 is 0 Å². The summed E-state index contributed by atoms with van der Waals surface area (Å²) in [5.41, 5.74) is 5.66. The molecule has 0 heteroatoms. The van der Waals surface area contributed by atoms with Gasteiger partial charge in [0.05, 0.1) is 0 Å². The second-order valence-corrected chi connectivity index (χ2v) is 4.05. The summed E-state index contributed by atoms with van der Waals surface area (Å²) in [6, 6.07) is 8.80. The van der Waals surface area contributed by atoms with E-state index in [1.807, 2.05) is 0 Å². The number of hydrogen-bond donors (Lipinski definition) is 0. The topological polar surface area (TPSA) is 0 Å². The molecule has 0 heterocycles. The number of aryl methyl sites for hydroxylation is 1. The molecular weight excluding hydrogens is 168 g/mol. The predicted octanol–water partition coefficient (Wildman–Crippen LogP) is 4.12. The molecule has 2 rings (SSSR count). The zero-order valence-electron chi connectivity index (χ0n) is 8.88. The lowest BCUT2D eigenvalue weighted by atomic mass is 9.94. The first-order valence-electron chi connectivity index (χ1n) is 5.17. The van der Waals surface area contributed by atoms with E-state index in [1.165, 1.54) is 22.3 Å². The molecule has 1 aliphatic rings. The van der Waals surface area contributed by atoms with E-state index >= 15 is 0 Å². The number of hydrogen-bond acceptors (Lipinski definition) is 0. The molecule has 0 aliphatic heterocycles. The molecule has 1 aromatic carbocycles. The Kier molecular flexibility index (Phi) is 2.53. The molecule has 1 aliphatic carbocycles. The second kappa shape index (κ2) is 3.83. The molecular formula is C14H16. The second-order valence-electron chi connectivity index (χ2n) is 4.05. The highest BCUT2D eigenvalue weighted by molar-refractivity contribution is 5.68. The third-order valence-electron chi connectivity index (χ3n) is 2.76. The van der Waals surface area contributed by atoms with Crippen molar-refractivity contribution in [3.8, 4) is 0 Å². The molecule has 14 heavy (non-hydrogen) atoms. The van der Waals surface area contributed by atoms with Gasteiger partial charge in [-0.3, -0.25) is 0 Å². The van der Waals surface area contributed by atoms with Gasteiger partial charge in [0.2, 0.25) is 0 Å². The normalized spacial score (nSPS) is 16.1. The maximum atomic E-state index is 2.35. The highest BCUT2D eigenvalue weighted by Gasteiger charge is 2.04. The van der Waals surface area contributed by atoms with Crippen LogP contribution in [0.2, 0.25) is 0 Å². The van der Waals surface area contributed by atoms with Crippen LogP contribution in [0.5, 0.6) is 0 Å². The number of benzene rings is 1. The standard InChI is InChI=1S/C14H16/c1-11-3-7-13(8-4-11)14-9-5-12(2)6-10-14/h3-5,7-8,10H,6,9H2,1-2H3. The first-order valence-corrected chi connectivity index (χ1v) is 5.17.